The number of furan rings is 1. The maximum absolute atomic E-state index is 10.9. The van der Waals surface area contributed by atoms with E-state index in [1.807, 2.05) is 0 Å². The van der Waals surface area contributed by atoms with Gasteiger partial charge in [-0.25, -0.2) is 4.79 Å². The highest BCUT2D eigenvalue weighted by Crippen LogP contribution is 2.21. The van der Waals surface area contributed by atoms with Crippen LogP contribution < -0.4 is 0 Å². The molecule has 0 radical (unpaired) electrons. The summed E-state index contributed by atoms with van der Waals surface area (Å²) in [6.45, 7) is 8.82. The monoisotopic (exact) mass is 253 g/mol. The van der Waals surface area contributed by atoms with Gasteiger partial charge in [-0.15, -0.1) is 0 Å². The SMILES string of the molecule is Cc1cc(CN2CCOC(C)(C)C2)oc1C(=O)O. The lowest BCUT2D eigenvalue weighted by Crippen LogP contribution is -2.47. The Morgan fingerprint density at radius 3 is 2.83 bits per heavy atom. The van der Waals surface area contributed by atoms with E-state index < -0.39 is 5.97 Å². The Labute approximate surface area is 106 Å². The number of carbonyl (C=O) groups is 1. The van der Waals surface area contributed by atoms with Gasteiger partial charge in [-0.2, -0.15) is 0 Å². The van der Waals surface area contributed by atoms with Crippen LogP contribution in [0.3, 0.4) is 0 Å². The minimum absolute atomic E-state index is 0.0394. The molecule has 0 saturated carbocycles. The highest BCUT2D eigenvalue weighted by atomic mass is 16.5. The summed E-state index contributed by atoms with van der Waals surface area (Å²) >= 11 is 0. The first kappa shape index (κ1) is 13.1. The zero-order valence-electron chi connectivity index (χ0n) is 11.0. The molecule has 2 heterocycles. The van der Waals surface area contributed by atoms with Gasteiger partial charge in [0.2, 0.25) is 5.76 Å². The van der Waals surface area contributed by atoms with Crippen LogP contribution in [-0.4, -0.2) is 41.3 Å². The maximum atomic E-state index is 10.9. The number of nitrogens with zero attached hydrogens (tertiary/aromatic N) is 1. The molecule has 100 valence electrons. The molecule has 1 aliphatic rings. The molecular weight excluding hydrogens is 234 g/mol. The summed E-state index contributed by atoms with van der Waals surface area (Å²) in [5.74, 6) is -0.277. The highest BCUT2D eigenvalue weighted by molar-refractivity contribution is 5.86. The lowest BCUT2D eigenvalue weighted by atomic mass is 10.1. The van der Waals surface area contributed by atoms with Crippen molar-refractivity contribution in [3.8, 4) is 0 Å². The molecule has 0 bridgehead atoms. The number of aromatic carboxylic acids is 1. The largest absolute Gasteiger partial charge is 0.475 e. The summed E-state index contributed by atoms with van der Waals surface area (Å²) in [6, 6.07) is 1.80. The van der Waals surface area contributed by atoms with Crippen molar-refractivity contribution in [3.63, 3.8) is 0 Å². The highest BCUT2D eigenvalue weighted by Gasteiger charge is 2.28. The number of carboxylic acid groups (broad SMARTS) is 1. The fourth-order valence-electron chi connectivity index (χ4n) is 2.31. The molecule has 1 saturated heterocycles. The van der Waals surface area contributed by atoms with E-state index in [1.54, 1.807) is 13.0 Å². The lowest BCUT2D eigenvalue weighted by Gasteiger charge is -2.37. The molecule has 1 fully saturated rings. The molecule has 0 aromatic carbocycles. The fraction of sp³-hybridized carbons (Fsp3) is 0.615. The zero-order valence-corrected chi connectivity index (χ0v) is 11.0. The van der Waals surface area contributed by atoms with Gasteiger partial charge in [0, 0.05) is 18.7 Å². The van der Waals surface area contributed by atoms with Crippen LogP contribution in [0.5, 0.6) is 0 Å². The normalized spacial score (nSPS) is 19.9. The summed E-state index contributed by atoms with van der Waals surface area (Å²) < 4.78 is 11.0. The van der Waals surface area contributed by atoms with Gasteiger partial charge in [0.05, 0.1) is 18.8 Å². The number of hydrogen-bond acceptors (Lipinski definition) is 4. The summed E-state index contributed by atoms with van der Waals surface area (Å²) in [6.07, 6.45) is 0. The molecule has 0 spiro atoms. The van der Waals surface area contributed by atoms with Crippen molar-refractivity contribution in [1.82, 2.24) is 4.90 Å². The van der Waals surface area contributed by atoms with Crippen molar-refractivity contribution in [1.29, 1.82) is 0 Å². The number of rotatable bonds is 3. The van der Waals surface area contributed by atoms with Crippen molar-refractivity contribution >= 4 is 5.97 Å². The van der Waals surface area contributed by atoms with E-state index >= 15 is 0 Å². The Bertz CT molecular complexity index is 450. The van der Waals surface area contributed by atoms with Crippen molar-refractivity contribution < 1.29 is 19.1 Å². The molecule has 2 rings (SSSR count). The van der Waals surface area contributed by atoms with Crippen LogP contribution in [0.1, 0.15) is 35.7 Å². The third-order valence-electron chi connectivity index (χ3n) is 3.05. The average Bonchev–Trinajstić information content (AvgIpc) is 2.58. The second kappa shape index (κ2) is 4.74. The van der Waals surface area contributed by atoms with Crippen molar-refractivity contribution in [3.05, 3.63) is 23.2 Å². The quantitative estimate of drug-likeness (QED) is 0.891. The van der Waals surface area contributed by atoms with Gasteiger partial charge in [0.15, 0.2) is 0 Å². The number of aryl methyl sites for hydroxylation is 1. The summed E-state index contributed by atoms with van der Waals surface area (Å²) in [7, 11) is 0. The average molecular weight is 253 g/mol. The van der Waals surface area contributed by atoms with E-state index in [4.69, 9.17) is 14.3 Å². The van der Waals surface area contributed by atoms with Crippen LogP contribution in [0.4, 0.5) is 0 Å². The van der Waals surface area contributed by atoms with Crippen LogP contribution in [0.2, 0.25) is 0 Å². The number of morpholine rings is 1. The molecule has 1 aliphatic heterocycles. The Morgan fingerprint density at radius 2 is 2.28 bits per heavy atom. The molecule has 5 nitrogen and oxygen atoms in total. The van der Waals surface area contributed by atoms with Gasteiger partial charge in [0.25, 0.3) is 0 Å². The third kappa shape index (κ3) is 2.91. The maximum Gasteiger partial charge on any atom is 0.372 e. The van der Waals surface area contributed by atoms with E-state index in [0.717, 1.165) is 13.1 Å². The van der Waals surface area contributed by atoms with Gasteiger partial charge in [-0.1, -0.05) is 0 Å². The smallest absolute Gasteiger partial charge is 0.372 e. The van der Waals surface area contributed by atoms with Crippen molar-refractivity contribution in [2.24, 2.45) is 0 Å². The second-order valence-electron chi connectivity index (χ2n) is 5.35. The molecule has 0 amide bonds. The number of ether oxygens (including phenoxy) is 1. The molecule has 18 heavy (non-hydrogen) atoms. The first-order valence-electron chi connectivity index (χ1n) is 6.06. The minimum atomic E-state index is -1.01. The Kier molecular flexibility index (Phi) is 3.45. The van der Waals surface area contributed by atoms with Gasteiger partial charge in [0.1, 0.15) is 5.76 Å². The first-order valence-corrected chi connectivity index (χ1v) is 6.06. The standard InChI is InChI=1S/C13H19NO4/c1-9-6-10(18-11(9)12(15)16)7-14-4-5-17-13(2,3)8-14/h6H,4-5,7-8H2,1-3H3,(H,15,16). The number of hydrogen-bond donors (Lipinski definition) is 1. The Morgan fingerprint density at radius 1 is 1.56 bits per heavy atom. The molecule has 1 N–H and O–H groups in total. The molecule has 0 atom stereocenters. The summed E-state index contributed by atoms with van der Waals surface area (Å²) in [5.41, 5.74) is 0.514. The van der Waals surface area contributed by atoms with Gasteiger partial charge in [-0.3, -0.25) is 4.90 Å². The first-order chi connectivity index (χ1) is 8.37. The lowest BCUT2D eigenvalue weighted by molar-refractivity contribution is -0.0894. The van der Waals surface area contributed by atoms with Gasteiger partial charge in [-0.05, 0) is 26.8 Å². The molecule has 0 unspecified atom stereocenters. The zero-order chi connectivity index (χ0) is 13.3. The van der Waals surface area contributed by atoms with Gasteiger partial charge >= 0.3 is 5.97 Å². The van der Waals surface area contributed by atoms with Crippen LogP contribution in [0.25, 0.3) is 0 Å². The van der Waals surface area contributed by atoms with E-state index in [-0.39, 0.29) is 11.4 Å². The summed E-state index contributed by atoms with van der Waals surface area (Å²) in [5, 5.41) is 8.94. The predicted molar refractivity (Wildman–Crippen MR) is 65.7 cm³/mol. The van der Waals surface area contributed by atoms with E-state index in [9.17, 15) is 4.79 Å². The fourth-order valence-corrected chi connectivity index (χ4v) is 2.31. The molecule has 5 heteroatoms. The Hall–Kier alpha value is -1.33. The number of carboxylic acids is 1. The molecular formula is C13H19NO4. The molecule has 1 aromatic heterocycles. The van der Waals surface area contributed by atoms with Gasteiger partial charge < -0.3 is 14.3 Å². The van der Waals surface area contributed by atoms with Crippen LogP contribution in [0.15, 0.2) is 10.5 Å². The second-order valence-corrected chi connectivity index (χ2v) is 5.35. The Balaban J connectivity index is 2.05. The third-order valence-corrected chi connectivity index (χ3v) is 3.05. The van der Waals surface area contributed by atoms with Crippen molar-refractivity contribution in [2.45, 2.75) is 32.9 Å². The minimum Gasteiger partial charge on any atom is -0.475 e. The molecule has 0 aliphatic carbocycles. The van der Waals surface area contributed by atoms with Crippen LogP contribution >= 0.6 is 0 Å². The topological polar surface area (TPSA) is 62.9 Å². The van der Waals surface area contributed by atoms with Crippen LogP contribution in [0, 0.1) is 6.92 Å². The van der Waals surface area contributed by atoms with E-state index in [1.165, 1.54) is 0 Å². The van der Waals surface area contributed by atoms with E-state index in [2.05, 4.69) is 18.7 Å². The van der Waals surface area contributed by atoms with Crippen molar-refractivity contribution in [2.75, 3.05) is 19.7 Å². The van der Waals surface area contributed by atoms with E-state index in [0.29, 0.717) is 24.5 Å². The molecule has 1 aromatic rings. The van der Waals surface area contributed by atoms with Crippen LogP contribution in [-0.2, 0) is 11.3 Å². The predicted octanol–water partition coefficient (Wildman–Crippen LogP) is 1.90. The summed E-state index contributed by atoms with van der Waals surface area (Å²) in [4.78, 5) is 13.1.